The molecular weight excluding hydrogens is 148 g/mol. The molecule has 0 aromatic carbocycles. The first-order chi connectivity index (χ1) is 3.48. The molecule has 0 radical (unpaired) electrons. The monoisotopic (exact) mass is 148 g/mol. The molecule has 0 aliphatic rings. The Hall–Kier alpha value is -0.593. The van der Waals surface area contributed by atoms with Gasteiger partial charge in [-0.15, -0.1) is 0 Å². The van der Waals surface area contributed by atoms with Crippen LogP contribution in [0.2, 0.25) is 0 Å². The van der Waals surface area contributed by atoms with Crippen molar-refractivity contribution in [2.24, 2.45) is 0 Å². The minimum absolute atomic E-state index is 1.91. The van der Waals surface area contributed by atoms with Crippen LogP contribution >= 0.6 is 0 Å². The molecule has 8 heavy (non-hydrogen) atoms. The molecule has 0 saturated carbocycles. The van der Waals surface area contributed by atoms with Crippen molar-refractivity contribution in [3.63, 3.8) is 0 Å². The summed E-state index contributed by atoms with van der Waals surface area (Å²) >= 11 is 0. The number of carbonyl (C=O) groups excluding carboxylic acids is 1. The summed E-state index contributed by atoms with van der Waals surface area (Å²) in [6.45, 7) is 0. The molecule has 0 fully saturated rings. The van der Waals surface area contributed by atoms with Gasteiger partial charge in [0.15, 0.2) is 0 Å². The van der Waals surface area contributed by atoms with Gasteiger partial charge < -0.3 is 0 Å². The lowest BCUT2D eigenvalue weighted by Crippen LogP contribution is -2.28. The van der Waals surface area contributed by atoms with E-state index in [9.17, 15) is 21.6 Å². The first-order valence-electron chi connectivity index (χ1n) is 1.38. The fourth-order valence-electron chi connectivity index (χ4n) is 0.0437. The number of hydrogen-bond donors (Lipinski definition) is 0. The number of hydrogen-bond acceptors (Lipinski definition) is 2. The second-order valence-electron chi connectivity index (χ2n) is 0.862. The third kappa shape index (κ3) is 1.91. The zero-order valence-corrected chi connectivity index (χ0v) is 4.33. The van der Waals surface area contributed by atoms with Gasteiger partial charge in [0.05, 0.1) is 0 Å². The number of carbonyl (C=O) groups is 1. The highest BCUT2D eigenvalue weighted by molar-refractivity contribution is 6.89. The molecule has 0 aliphatic carbocycles. The maximum absolute atomic E-state index is 10.9. The molecule has 2 nitrogen and oxygen atoms in total. The normalized spacial score (nSPS) is 11.0. The second kappa shape index (κ2) is 2.12. The smallest absolute Gasteiger partial charge is 0.250 e. The summed E-state index contributed by atoms with van der Waals surface area (Å²) in [5.41, 5.74) is -2.70. The molecule has 0 heterocycles. The molecule has 7 heteroatoms. The standard InChI is InChI=1S/CF4O2Si/c2-7-1(6)8(3,4)5. The van der Waals surface area contributed by atoms with E-state index in [2.05, 4.69) is 0 Å². The molecule has 0 atom stereocenters. The SMILES string of the molecule is O=C(OF)[Si](F)(F)F. The van der Waals surface area contributed by atoms with Crippen LogP contribution in [0, 0.1) is 0 Å². The summed E-state index contributed by atoms with van der Waals surface area (Å²) in [4.78, 5) is 11.1. The predicted molar refractivity (Wildman–Crippen MR) is 16.7 cm³/mol. The lowest BCUT2D eigenvalue weighted by Gasteiger charge is -1.91. The van der Waals surface area contributed by atoms with E-state index in [0.29, 0.717) is 0 Å². The molecule has 0 N–H and O–H groups in total. The van der Waals surface area contributed by atoms with Crippen molar-refractivity contribution in [3.05, 3.63) is 0 Å². The van der Waals surface area contributed by atoms with Gasteiger partial charge >= 0.3 is 14.7 Å². The Labute approximate surface area is 42.5 Å². The molecule has 0 rings (SSSR count). The Morgan fingerprint density at radius 3 is 1.75 bits per heavy atom. The van der Waals surface area contributed by atoms with E-state index in [0.717, 1.165) is 0 Å². The van der Waals surface area contributed by atoms with Crippen LogP contribution in [0.15, 0.2) is 0 Å². The largest absolute Gasteiger partial charge is 0.740 e. The molecule has 0 bridgehead atoms. The highest BCUT2D eigenvalue weighted by Crippen LogP contribution is 2.10. The van der Waals surface area contributed by atoms with Crippen molar-refractivity contribution in [1.29, 1.82) is 0 Å². The van der Waals surface area contributed by atoms with Crippen LogP contribution in [-0.2, 0) is 4.94 Å². The average Bonchev–Trinajstić information content (AvgIpc) is 1.62. The van der Waals surface area contributed by atoms with Gasteiger partial charge in [0.1, 0.15) is 0 Å². The van der Waals surface area contributed by atoms with Crippen LogP contribution in [0.1, 0.15) is 0 Å². The van der Waals surface area contributed by atoms with Gasteiger partial charge in [-0.05, 0) is 0 Å². The summed E-state index contributed by atoms with van der Waals surface area (Å²) in [5.74, 6) is 0. The van der Waals surface area contributed by atoms with Gasteiger partial charge in [0, 0.05) is 4.53 Å². The average molecular weight is 148 g/mol. The van der Waals surface area contributed by atoms with E-state index >= 15 is 0 Å². The molecule has 48 valence electrons. The van der Waals surface area contributed by atoms with E-state index < -0.39 is 14.7 Å². The Kier molecular flexibility index (Phi) is 1.96. The summed E-state index contributed by atoms with van der Waals surface area (Å²) < 4.78 is 43.0. The summed E-state index contributed by atoms with van der Waals surface area (Å²) in [6.07, 6.45) is 0. The Bertz CT molecular complexity index is 96.7. The Balaban J connectivity index is 3.82. The molecule has 0 aliphatic heterocycles. The van der Waals surface area contributed by atoms with Crippen molar-refractivity contribution < 1.29 is 26.6 Å². The predicted octanol–water partition coefficient (Wildman–Crippen LogP) is 1.44. The minimum atomic E-state index is -6.50. The maximum atomic E-state index is 10.9. The van der Waals surface area contributed by atoms with E-state index in [-0.39, 0.29) is 0 Å². The fraction of sp³-hybridized carbons (Fsp3) is 0. The third-order valence-corrected chi connectivity index (χ3v) is 0.842. The van der Waals surface area contributed by atoms with Gasteiger partial charge in [0.2, 0.25) is 0 Å². The van der Waals surface area contributed by atoms with Crippen LogP contribution in [0.5, 0.6) is 0 Å². The molecule has 0 aromatic heterocycles. The Morgan fingerprint density at radius 1 is 1.38 bits per heavy atom. The van der Waals surface area contributed by atoms with Crippen molar-refractivity contribution in [1.82, 2.24) is 0 Å². The van der Waals surface area contributed by atoms with Crippen LogP contribution in [-0.4, -0.2) is 14.7 Å². The van der Waals surface area contributed by atoms with Gasteiger partial charge in [-0.25, -0.2) is 17.1 Å². The van der Waals surface area contributed by atoms with Crippen LogP contribution in [0.25, 0.3) is 0 Å². The Morgan fingerprint density at radius 2 is 1.75 bits per heavy atom. The third-order valence-electron chi connectivity index (χ3n) is 0.302. The second-order valence-corrected chi connectivity index (χ2v) is 2.27. The summed E-state index contributed by atoms with van der Waals surface area (Å²) in [5, 5.41) is 0. The molecule has 0 unspecified atom stereocenters. The number of rotatable bonds is 1. The van der Waals surface area contributed by atoms with Crippen molar-refractivity contribution >= 4 is 14.7 Å². The highest BCUT2D eigenvalue weighted by atomic mass is 28.5. The van der Waals surface area contributed by atoms with E-state index in [1.54, 1.807) is 0 Å². The van der Waals surface area contributed by atoms with Gasteiger partial charge in [-0.3, -0.25) is 4.94 Å². The quantitative estimate of drug-likeness (QED) is 0.319. The molecule has 0 aromatic rings. The molecule has 0 saturated heterocycles. The van der Waals surface area contributed by atoms with Crippen LogP contribution < -0.4 is 0 Å². The topological polar surface area (TPSA) is 26.3 Å². The van der Waals surface area contributed by atoms with Crippen molar-refractivity contribution in [2.75, 3.05) is 0 Å². The minimum Gasteiger partial charge on any atom is -0.250 e. The summed E-state index contributed by atoms with van der Waals surface area (Å²) in [6, 6.07) is 0. The fourth-order valence-corrected chi connectivity index (χ4v) is 0.131. The van der Waals surface area contributed by atoms with Crippen LogP contribution in [0.4, 0.5) is 21.6 Å². The molecule has 0 spiro atoms. The van der Waals surface area contributed by atoms with Crippen molar-refractivity contribution in [2.45, 2.75) is 0 Å². The van der Waals surface area contributed by atoms with E-state index in [1.807, 2.05) is 4.94 Å². The first kappa shape index (κ1) is 7.41. The zero-order chi connectivity index (χ0) is 6.78. The first-order valence-corrected chi connectivity index (χ1v) is 3.01. The zero-order valence-electron chi connectivity index (χ0n) is 3.33. The number of halogens is 4. The molecule has 0 amide bonds. The lowest BCUT2D eigenvalue weighted by molar-refractivity contribution is -0.0526. The molecular formula is CF4O2Si. The van der Waals surface area contributed by atoms with Crippen molar-refractivity contribution in [3.8, 4) is 0 Å². The van der Waals surface area contributed by atoms with E-state index in [4.69, 9.17) is 0 Å². The van der Waals surface area contributed by atoms with E-state index in [1.165, 1.54) is 0 Å². The van der Waals surface area contributed by atoms with Crippen LogP contribution in [0.3, 0.4) is 0 Å². The maximum Gasteiger partial charge on any atom is 0.740 e. The van der Waals surface area contributed by atoms with Gasteiger partial charge in [-0.2, -0.15) is 0 Å². The lowest BCUT2D eigenvalue weighted by atomic mass is 11.6. The highest BCUT2D eigenvalue weighted by Gasteiger charge is 2.51. The van der Waals surface area contributed by atoms with Gasteiger partial charge in [0.25, 0.3) is 0 Å². The summed E-state index contributed by atoms with van der Waals surface area (Å²) in [7, 11) is -6.50. The van der Waals surface area contributed by atoms with Gasteiger partial charge in [-0.1, -0.05) is 0 Å².